The van der Waals surface area contributed by atoms with Gasteiger partial charge in [-0.1, -0.05) is 0 Å². The van der Waals surface area contributed by atoms with Crippen molar-refractivity contribution in [3.05, 3.63) is 58.0 Å². The molecule has 9 nitrogen and oxygen atoms in total. The highest BCUT2D eigenvalue weighted by atomic mass is 19.4. The molecule has 1 aromatic carbocycles. The fourth-order valence-corrected chi connectivity index (χ4v) is 2.02. The lowest BCUT2D eigenvalue weighted by atomic mass is 10.1. The number of furan rings is 1. The van der Waals surface area contributed by atoms with Crippen LogP contribution in [0.4, 0.5) is 24.5 Å². The lowest BCUT2D eigenvalue weighted by molar-refractivity contribution is -0.384. The van der Waals surface area contributed by atoms with Crippen molar-refractivity contribution in [2.24, 2.45) is 0 Å². The number of hydrogen-bond acceptors (Lipinski definition) is 7. The number of rotatable bonds is 8. The zero-order valence-electron chi connectivity index (χ0n) is 14.1. The summed E-state index contributed by atoms with van der Waals surface area (Å²) in [6.45, 7) is -1.09. The third-order valence-electron chi connectivity index (χ3n) is 3.35. The molecule has 0 saturated carbocycles. The lowest BCUT2D eigenvalue weighted by Gasteiger charge is -2.10. The molecular formula is C16H14F3N3O6. The highest BCUT2D eigenvalue weighted by Crippen LogP contribution is 2.34. The molecule has 0 spiro atoms. The standard InChI is InChI=1S/C16H14F3N3O6/c17-16(18,19)10-3-4-12(13(6-10)22(25)26)20-8-15(24)28-9-14(23)21-7-11-2-1-5-27-11/h1-6,20H,7-9H2,(H,21,23). The Morgan fingerprint density at radius 1 is 1.25 bits per heavy atom. The average molecular weight is 401 g/mol. The van der Waals surface area contributed by atoms with Crippen molar-refractivity contribution in [2.45, 2.75) is 12.7 Å². The van der Waals surface area contributed by atoms with Crippen molar-refractivity contribution < 1.29 is 36.8 Å². The van der Waals surface area contributed by atoms with Gasteiger partial charge in [0.2, 0.25) is 0 Å². The minimum Gasteiger partial charge on any atom is -0.467 e. The highest BCUT2D eigenvalue weighted by Gasteiger charge is 2.33. The molecule has 0 aliphatic carbocycles. The Morgan fingerprint density at radius 2 is 2.00 bits per heavy atom. The van der Waals surface area contributed by atoms with Crippen LogP contribution in [0.3, 0.4) is 0 Å². The van der Waals surface area contributed by atoms with Crippen molar-refractivity contribution in [1.82, 2.24) is 5.32 Å². The first-order chi connectivity index (χ1) is 13.2. The van der Waals surface area contributed by atoms with E-state index in [1.807, 2.05) is 0 Å². The highest BCUT2D eigenvalue weighted by molar-refractivity contribution is 5.82. The van der Waals surface area contributed by atoms with E-state index >= 15 is 0 Å². The SMILES string of the molecule is O=C(COC(=O)CNc1ccc(C(F)(F)F)cc1[N+](=O)[O-])NCc1ccco1. The number of carbonyl (C=O) groups is 2. The van der Waals surface area contributed by atoms with E-state index in [4.69, 9.17) is 4.42 Å². The number of nitrogens with one attached hydrogen (secondary N) is 2. The second-order valence-electron chi connectivity index (χ2n) is 5.36. The zero-order valence-corrected chi connectivity index (χ0v) is 14.1. The Morgan fingerprint density at radius 3 is 2.61 bits per heavy atom. The van der Waals surface area contributed by atoms with Crippen LogP contribution in [0.5, 0.6) is 0 Å². The summed E-state index contributed by atoms with van der Waals surface area (Å²) in [6, 6.07) is 5.10. The number of anilines is 1. The molecule has 0 fully saturated rings. The van der Waals surface area contributed by atoms with Crippen LogP contribution >= 0.6 is 0 Å². The summed E-state index contributed by atoms with van der Waals surface area (Å²) in [5, 5.41) is 15.7. The van der Waals surface area contributed by atoms with Gasteiger partial charge in [0.1, 0.15) is 18.0 Å². The summed E-state index contributed by atoms with van der Waals surface area (Å²) >= 11 is 0. The van der Waals surface area contributed by atoms with Gasteiger partial charge < -0.3 is 19.8 Å². The van der Waals surface area contributed by atoms with E-state index < -0.39 is 47.4 Å². The van der Waals surface area contributed by atoms with Gasteiger partial charge in [-0.05, 0) is 24.3 Å². The van der Waals surface area contributed by atoms with Gasteiger partial charge in [0, 0.05) is 6.07 Å². The number of nitro groups is 1. The first-order valence-electron chi connectivity index (χ1n) is 7.71. The minimum absolute atomic E-state index is 0.0966. The predicted molar refractivity (Wildman–Crippen MR) is 88.1 cm³/mol. The maximum absolute atomic E-state index is 12.6. The molecule has 0 saturated heterocycles. The molecule has 1 amide bonds. The Hall–Kier alpha value is -3.57. The molecule has 0 radical (unpaired) electrons. The summed E-state index contributed by atoms with van der Waals surface area (Å²) in [6.07, 6.45) is -3.32. The van der Waals surface area contributed by atoms with Gasteiger partial charge in [-0.25, -0.2) is 0 Å². The summed E-state index contributed by atoms with van der Waals surface area (Å²) in [4.78, 5) is 33.1. The van der Waals surface area contributed by atoms with Gasteiger partial charge in [0.05, 0.1) is 23.3 Å². The Kier molecular flexibility index (Phi) is 6.58. The van der Waals surface area contributed by atoms with E-state index in [2.05, 4.69) is 15.4 Å². The number of nitrogens with zero attached hydrogens (tertiary/aromatic N) is 1. The van der Waals surface area contributed by atoms with E-state index in [1.54, 1.807) is 12.1 Å². The number of hydrogen-bond donors (Lipinski definition) is 2. The number of halogens is 3. The zero-order chi connectivity index (χ0) is 20.7. The minimum atomic E-state index is -4.74. The molecule has 28 heavy (non-hydrogen) atoms. The number of nitro benzene ring substituents is 1. The van der Waals surface area contributed by atoms with Crippen molar-refractivity contribution in [2.75, 3.05) is 18.5 Å². The molecule has 0 atom stereocenters. The van der Waals surface area contributed by atoms with Crippen LogP contribution < -0.4 is 10.6 Å². The van der Waals surface area contributed by atoms with Gasteiger partial charge in [-0.2, -0.15) is 13.2 Å². The van der Waals surface area contributed by atoms with Crippen LogP contribution in [0, 0.1) is 10.1 Å². The molecule has 2 aromatic rings. The first kappa shape index (κ1) is 20.7. The first-order valence-corrected chi connectivity index (χ1v) is 7.71. The summed E-state index contributed by atoms with van der Waals surface area (Å²) in [7, 11) is 0. The summed E-state index contributed by atoms with van der Waals surface area (Å²) in [5.74, 6) is -1.04. The molecule has 0 bridgehead atoms. The third-order valence-corrected chi connectivity index (χ3v) is 3.35. The van der Waals surface area contributed by atoms with Gasteiger partial charge in [-0.15, -0.1) is 0 Å². The molecule has 0 unspecified atom stereocenters. The van der Waals surface area contributed by atoms with Gasteiger partial charge in [0.15, 0.2) is 6.61 Å². The fraction of sp³-hybridized carbons (Fsp3) is 0.250. The van der Waals surface area contributed by atoms with E-state index in [0.29, 0.717) is 17.9 Å². The maximum atomic E-state index is 12.6. The number of benzene rings is 1. The van der Waals surface area contributed by atoms with E-state index in [-0.39, 0.29) is 12.2 Å². The molecule has 150 valence electrons. The molecule has 12 heteroatoms. The van der Waals surface area contributed by atoms with E-state index in [0.717, 1.165) is 6.07 Å². The lowest BCUT2D eigenvalue weighted by Crippen LogP contribution is -2.29. The van der Waals surface area contributed by atoms with Crippen molar-refractivity contribution in [1.29, 1.82) is 0 Å². The smallest absolute Gasteiger partial charge is 0.416 e. The van der Waals surface area contributed by atoms with E-state index in [1.165, 1.54) is 6.26 Å². The normalized spacial score (nSPS) is 11.0. The van der Waals surface area contributed by atoms with Gasteiger partial charge in [0.25, 0.3) is 11.6 Å². The molecule has 1 heterocycles. The van der Waals surface area contributed by atoms with Crippen LogP contribution in [0.1, 0.15) is 11.3 Å². The van der Waals surface area contributed by atoms with E-state index in [9.17, 15) is 32.9 Å². The van der Waals surface area contributed by atoms with Crippen LogP contribution in [-0.4, -0.2) is 30.0 Å². The largest absolute Gasteiger partial charge is 0.467 e. The van der Waals surface area contributed by atoms with Crippen LogP contribution in [0.2, 0.25) is 0 Å². The molecule has 0 aliphatic heterocycles. The molecule has 1 aromatic heterocycles. The van der Waals surface area contributed by atoms with Crippen molar-refractivity contribution in [3.8, 4) is 0 Å². The van der Waals surface area contributed by atoms with Gasteiger partial charge in [-0.3, -0.25) is 19.7 Å². The molecule has 2 rings (SSSR count). The maximum Gasteiger partial charge on any atom is 0.416 e. The predicted octanol–water partition coefficient (Wildman–Crippen LogP) is 2.48. The van der Waals surface area contributed by atoms with Crippen LogP contribution in [-0.2, 0) is 27.0 Å². The quantitative estimate of drug-likeness (QED) is 0.396. The second kappa shape index (κ2) is 8.88. The number of alkyl halides is 3. The summed E-state index contributed by atoms with van der Waals surface area (Å²) < 4.78 is 47.6. The number of carbonyl (C=O) groups excluding carboxylic acids is 2. The molecule has 0 aliphatic rings. The van der Waals surface area contributed by atoms with Crippen LogP contribution in [0.25, 0.3) is 0 Å². The Bertz CT molecular complexity index is 852. The molecule has 2 N–H and O–H groups in total. The Labute approximate surface area is 155 Å². The number of amides is 1. The second-order valence-corrected chi connectivity index (χ2v) is 5.36. The van der Waals surface area contributed by atoms with Crippen molar-refractivity contribution in [3.63, 3.8) is 0 Å². The molecular weight excluding hydrogens is 387 g/mol. The fourth-order valence-electron chi connectivity index (χ4n) is 2.02. The van der Waals surface area contributed by atoms with Crippen LogP contribution in [0.15, 0.2) is 41.0 Å². The van der Waals surface area contributed by atoms with Gasteiger partial charge >= 0.3 is 12.1 Å². The number of esters is 1. The Balaban J connectivity index is 1.84. The monoisotopic (exact) mass is 401 g/mol. The third kappa shape index (κ3) is 6.00. The van der Waals surface area contributed by atoms with Crippen molar-refractivity contribution >= 4 is 23.3 Å². The average Bonchev–Trinajstić information content (AvgIpc) is 3.15. The summed E-state index contributed by atoms with van der Waals surface area (Å²) in [5.41, 5.74) is -2.34. The number of ether oxygens (including phenoxy) is 1. The topological polar surface area (TPSA) is 124 Å².